The SMILES string of the molecule is O=C1CCC[C@]2(CCCO2)C1. The Balaban J connectivity index is 2.05. The van der Waals surface area contributed by atoms with Gasteiger partial charge in [-0.2, -0.15) is 0 Å². The summed E-state index contributed by atoms with van der Waals surface area (Å²) in [5.41, 5.74) is -0.00463. The van der Waals surface area contributed by atoms with E-state index < -0.39 is 0 Å². The largest absolute Gasteiger partial charge is 0.375 e. The van der Waals surface area contributed by atoms with Crippen molar-refractivity contribution in [2.75, 3.05) is 6.61 Å². The van der Waals surface area contributed by atoms with Crippen molar-refractivity contribution in [1.82, 2.24) is 0 Å². The summed E-state index contributed by atoms with van der Waals surface area (Å²) in [5.74, 6) is 0.401. The van der Waals surface area contributed by atoms with Crippen LogP contribution in [0.5, 0.6) is 0 Å². The van der Waals surface area contributed by atoms with Crippen LogP contribution in [0.4, 0.5) is 0 Å². The van der Waals surface area contributed by atoms with Crippen molar-refractivity contribution in [2.45, 2.75) is 44.1 Å². The lowest BCUT2D eigenvalue weighted by Gasteiger charge is -2.31. The zero-order chi connectivity index (χ0) is 7.73. The molecule has 1 aliphatic heterocycles. The molecule has 1 saturated heterocycles. The molecule has 1 aliphatic carbocycles. The van der Waals surface area contributed by atoms with Gasteiger partial charge in [0.1, 0.15) is 5.78 Å². The summed E-state index contributed by atoms with van der Waals surface area (Å²) in [4.78, 5) is 11.1. The Morgan fingerprint density at radius 2 is 2.09 bits per heavy atom. The molecule has 2 nitrogen and oxygen atoms in total. The molecular weight excluding hydrogens is 140 g/mol. The lowest BCUT2D eigenvalue weighted by atomic mass is 9.82. The van der Waals surface area contributed by atoms with Gasteiger partial charge >= 0.3 is 0 Å². The number of carbonyl (C=O) groups excluding carboxylic acids is 1. The van der Waals surface area contributed by atoms with Crippen LogP contribution < -0.4 is 0 Å². The number of rotatable bonds is 0. The maximum absolute atomic E-state index is 11.1. The van der Waals surface area contributed by atoms with E-state index in [-0.39, 0.29) is 5.60 Å². The van der Waals surface area contributed by atoms with Crippen molar-refractivity contribution in [3.8, 4) is 0 Å². The molecule has 0 aromatic carbocycles. The van der Waals surface area contributed by atoms with Crippen LogP contribution in [0.3, 0.4) is 0 Å². The Hall–Kier alpha value is -0.370. The molecule has 2 heteroatoms. The molecule has 0 unspecified atom stereocenters. The van der Waals surface area contributed by atoms with Crippen molar-refractivity contribution >= 4 is 5.78 Å². The Kier molecular flexibility index (Phi) is 1.72. The maximum atomic E-state index is 11.1. The van der Waals surface area contributed by atoms with E-state index in [0.29, 0.717) is 12.2 Å². The van der Waals surface area contributed by atoms with Gasteiger partial charge in [-0.3, -0.25) is 4.79 Å². The van der Waals surface area contributed by atoms with Gasteiger partial charge in [0.05, 0.1) is 5.60 Å². The lowest BCUT2D eigenvalue weighted by molar-refractivity contribution is -0.128. The minimum atomic E-state index is -0.00463. The molecule has 0 radical (unpaired) electrons. The van der Waals surface area contributed by atoms with E-state index in [9.17, 15) is 4.79 Å². The summed E-state index contributed by atoms with van der Waals surface area (Å²) < 4.78 is 5.63. The van der Waals surface area contributed by atoms with Crippen molar-refractivity contribution in [3.63, 3.8) is 0 Å². The first-order chi connectivity index (χ1) is 5.31. The molecule has 2 rings (SSSR count). The standard InChI is InChI=1S/C9H14O2/c10-8-3-1-4-9(7-8)5-2-6-11-9/h1-7H2/t9-/m0/s1. The molecule has 0 amide bonds. The van der Waals surface area contributed by atoms with Crippen LogP contribution in [-0.4, -0.2) is 18.0 Å². The van der Waals surface area contributed by atoms with Crippen LogP contribution >= 0.6 is 0 Å². The van der Waals surface area contributed by atoms with Gasteiger partial charge in [0.15, 0.2) is 0 Å². The Morgan fingerprint density at radius 3 is 2.73 bits per heavy atom. The highest BCUT2D eigenvalue weighted by Crippen LogP contribution is 2.37. The number of hydrogen-bond donors (Lipinski definition) is 0. The third-order valence-corrected chi connectivity index (χ3v) is 2.79. The smallest absolute Gasteiger partial charge is 0.135 e. The summed E-state index contributed by atoms with van der Waals surface area (Å²) in [6, 6.07) is 0. The van der Waals surface area contributed by atoms with Crippen molar-refractivity contribution in [3.05, 3.63) is 0 Å². The summed E-state index contributed by atoms with van der Waals surface area (Å²) in [6.45, 7) is 0.868. The molecule has 11 heavy (non-hydrogen) atoms. The number of ether oxygens (including phenoxy) is 1. The molecule has 0 aromatic heterocycles. The van der Waals surface area contributed by atoms with Crippen molar-refractivity contribution in [2.24, 2.45) is 0 Å². The van der Waals surface area contributed by atoms with E-state index in [1.165, 1.54) is 0 Å². The second kappa shape index (κ2) is 2.59. The van der Waals surface area contributed by atoms with Gasteiger partial charge in [-0.1, -0.05) is 0 Å². The fourth-order valence-corrected chi connectivity index (χ4v) is 2.24. The second-order valence-electron chi connectivity index (χ2n) is 3.70. The highest BCUT2D eigenvalue weighted by molar-refractivity contribution is 5.80. The number of Topliss-reactive ketones (excluding diaryl/α,β-unsaturated/α-hetero) is 1. The molecule has 0 N–H and O–H groups in total. The molecule has 0 aromatic rings. The summed E-state index contributed by atoms with van der Waals surface area (Å²) >= 11 is 0. The molecular formula is C9H14O2. The van der Waals surface area contributed by atoms with Gasteiger partial charge in [-0.25, -0.2) is 0 Å². The average Bonchev–Trinajstić information content (AvgIpc) is 2.37. The van der Waals surface area contributed by atoms with E-state index in [1.807, 2.05) is 0 Å². The number of hydrogen-bond acceptors (Lipinski definition) is 2. The first kappa shape index (κ1) is 7.29. The summed E-state index contributed by atoms with van der Waals surface area (Å²) in [7, 11) is 0. The van der Waals surface area contributed by atoms with E-state index in [0.717, 1.165) is 38.7 Å². The number of ketones is 1. The Morgan fingerprint density at radius 1 is 1.27 bits per heavy atom. The van der Waals surface area contributed by atoms with Gasteiger partial charge in [0, 0.05) is 19.4 Å². The molecule has 2 fully saturated rings. The van der Waals surface area contributed by atoms with E-state index in [1.54, 1.807) is 0 Å². The predicted molar refractivity (Wildman–Crippen MR) is 41.4 cm³/mol. The Labute approximate surface area is 66.9 Å². The molecule has 1 saturated carbocycles. The quantitative estimate of drug-likeness (QED) is 0.530. The monoisotopic (exact) mass is 154 g/mol. The van der Waals surface area contributed by atoms with Crippen LogP contribution in [0, 0.1) is 0 Å². The molecule has 0 bridgehead atoms. The average molecular weight is 154 g/mol. The summed E-state index contributed by atoms with van der Waals surface area (Å²) in [5, 5.41) is 0. The Bertz CT molecular complexity index is 168. The third kappa shape index (κ3) is 1.32. The van der Waals surface area contributed by atoms with E-state index in [2.05, 4.69) is 0 Å². The predicted octanol–water partition coefficient (Wildman–Crippen LogP) is 1.68. The van der Waals surface area contributed by atoms with Crippen LogP contribution in [0.1, 0.15) is 38.5 Å². The van der Waals surface area contributed by atoms with E-state index in [4.69, 9.17) is 4.74 Å². The van der Waals surface area contributed by atoms with Gasteiger partial charge in [0.25, 0.3) is 0 Å². The van der Waals surface area contributed by atoms with Gasteiger partial charge in [-0.05, 0) is 25.7 Å². The van der Waals surface area contributed by atoms with Crippen LogP contribution in [-0.2, 0) is 9.53 Å². The molecule has 62 valence electrons. The van der Waals surface area contributed by atoms with Crippen LogP contribution in [0.15, 0.2) is 0 Å². The van der Waals surface area contributed by atoms with Gasteiger partial charge < -0.3 is 4.74 Å². The maximum Gasteiger partial charge on any atom is 0.135 e. The highest BCUT2D eigenvalue weighted by Gasteiger charge is 2.39. The first-order valence-corrected chi connectivity index (χ1v) is 4.46. The molecule has 2 aliphatic rings. The van der Waals surface area contributed by atoms with Gasteiger partial charge in [0.2, 0.25) is 0 Å². The highest BCUT2D eigenvalue weighted by atomic mass is 16.5. The van der Waals surface area contributed by atoms with E-state index >= 15 is 0 Å². The van der Waals surface area contributed by atoms with Crippen molar-refractivity contribution in [1.29, 1.82) is 0 Å². The van der Waals surface area contributed by atoms with Gasteiger partial charge in [-0.15, -0.1) is 0 Å². The van der Waals surface area contributed by atoms with Crippen LogP contribution in [0.2, 0.25) is 0 Å². The lowest BCUT2D eigenvalue weighted by Crippen LogP contribution is -2.34. The normalized spacial score (nSPS) is 38.4. The first-order valence-electron chi connectivity index (χ1n) is 4.46. The molecule has 1 spiro atoms. The molecule has 1 heterocycles. The molecule has 1 atom stereocenters. The zero-order valence-electron chi connectivity index (χ0n) is 6.77. The third-order valence-electron chi connectivity index (χ3n) is 2.79. The minimum Gasteiger partial charge on any atom is -0.375 e. The van der Waals surface area contributed by atoms with Crippen LogP contribution in [0.25, 0.3) is 0 Å². The summed E-state index contributed by atoms with van der Waals surface area (Å²) in [6.07, 6.45) is 5.88. The number of carbonyl (C=O) groups is 1. The second-order valence-corrected chi connectivity index (χ2v) is 3.70. The fourth-order valence-electron chi connectivity index (χ4n) is 2.24. The minimum absolute atomic E-state index is 0.00463. The zero-order valence-corrected chi connectivity index (χ0v) is 6.77. The fraction of sp³-hybridized carbons (Fsp3) is 0.889. The topological polar surface area (TPSA) is 26.3 Å². The van der Waals surface area contributed by atoms with Crippen molar-refractivity contribution < 1.29 is 9.53 Å².